The number of piperazine rings is 1. The maximum atomic E-state index is 12.2. The summed E-state index contributed by atoms with van der Waals surface area (Å²) in [5, 5.41) is 0.944. The lowest BCUT2D eigenvalue weighted by molar-refractivity contribution is 0.0159. The van der Waals surface area contributed by atoms with Crippen molar-refractivity contribution in [2.45, 2.75) is 39.3 Å². The normalized spacial score (nSPS) is 19.2. The molecule has 1 saturated heterocycles. The fourth-order valence-corrected chi connectivity index (χ4v) is 3.33. The minimum Gasteiger partial charge on any atom is -0.444 e. The standard InChI is InChI=1S/C14H20ClN3O3S/c1-9-7-17(12-16-11(15)10(8-19)22-12)5-6-18(9)13(20)21-14(2,3)4/h8-9H,5-7H2,1-4H3/t9-/m0/s1. The second kappa shape index (κ2) is 6.42. The highest BCUT2D eigenvalue weighted by Gasteiger charge is 2.32. The first-order chi connectivity index (χ1) is 10.2. The van der Waals surface area contributed by atoms with Crippen LogP contribution < -0.4 is 4.90 Å². The molecule has 0 spiro atoms. The van der Waals surface area contributed by atoms with Gasteiger partial charge in [0.05, 0.1) is 0 Å². The Kier molecular flexibility index (Phi) is 4.97. The second-order valence-corrected chi connectivity index (χ2v) is 7.61. The number of thiazole rings is 1. The van der Waals surface area contributed by atoms with Gasteiger partial charge in [0.1, 0.15) is 10.5 Å². The number of ether oxygens (including phenoxy) is 1. The SMILES string of the molecule is C[C@H]1CN(c2nc(Cl)c(C=O)s2)CCN1C(=O)OC(C)(C)C. The molecule has 1 fully saturated rings. The average Bonchev–Trinajstić information content (AvgIpc) is 2.77. The molecule has 1 atom stereocenters. The fraction of sp³-hybridized carbons (Fsp3) is 0.643. The van der Waals surface area contributed by atoms with Gasteiger partial charge in [0.25, 0.3) is 0 Å². The van der Waals surface area contributed by atoms with Crippen LogP contribution in [0.5, 0.6) is 0 Å². The van der Waals surface area contributed by atoms with E-state index in [1.54, 1.807) is 4.90 Å². The minimum atomic E-state index is -0.504. The summed E-state index contributed by atoms with van der Waals surface area (Å²) < 4.78 is 5.42. The number of carbonyl (C=O) groups is 2. The molecular formula is C14H20ClN3O3S. The van der Waals surface area contributed by atoms with E-state index in [9.17, 15) is 9.59 Å². The Hall–Kier alpha value is -1.34. The number of nitrogens with zero attached hydrogens (tertiary/aromatic N) is 3. The molecule has 0 radical (unpaired) electrons. The van der Waals surface area contributed by atoms with Crippen molar-refractivity contribution < 1.29 is 14.3 Å². The molecule has 0 aromatic carbocycles. The molecule has 1 aliphatic rings. The number of hydrogen-bond donors (Lipinski definition) is 0. The van der Waals surface area contributed by atoms with E-state index in [4.69, 9.17) is 16.3 Å². The lowest BCUT2D eigenvalue weighted by atomic mass is 10.2. The third-order valence-corrected chi connectivity index (χ3v) is 4.67. The van der Waals surface area contributed by atoms with Gasteiger partial charge in [0.15, 0.2) is 16.6 Å². The molecule has 0 aliphatic carbocycles. The Morgan fingerprint density at radius 1 is 1.45 bits per heavy atom. The van der Waals surface area contributed by atoms with Crippen LogP contribution in [0.2, 0.25) is 5.15 Å². The molecule has 1 aromatic heterocycles. The van der Waals surface area contributed by atoms with Crippen molar-refractivity contribution in [1.29, 1.82) is 0 Å². The molecule has 0 saturated carbocycles. The molecule has 0 unspecified atom stereocenters. The second-order valence-electron chi connectivity index (χ2n) is 6.24. The van der Waals surface area contributed by atoms with Crippen molar-refractivity contribution in [3.8, 4) is 0 Å². The molecule has 1 aliphatic heterocycles. The Bertz CT molecular complexity index is 570. The quantitative estimate of drug-likeness (QED) is 0.771. The Morgan fingerprint density at radius 3 is 2.64 bits per heavy atom. The molecule has 2 rings (SSSR count). The summed E-state index contributed by atoms with van der Waals surface area (Å²) >= 11 is 7.18. The zero-order valence-electron chi connectivity index (χ0n) is 13.1. The van der Waals surface area contributed by atoms with Gasteiger partial charge in [-0.1, -0.05) is 22.9 Å². The summed E-state index contributed by atoms with van der Waals surface area (Å²) in [6.45, 7) is 9.32. The van der Waals surface area contributed by atoms with E-state index in [0.29, 0.717) is 35.9 Å². The summed E-state index contributed by atoms with van der Waals surface area (Å²) in [6, 6.07) is -0.00837. The van der Waals surface area contributed by atoms with E-state index in [1.807, 2.05) is 32.6 Å². The summed E-state index contributed by atoms with van der Waals surface area (Å²) in [7, 11) is 0. The number of anilines is 1. The van der Waals surface area contributed by atoms with Crippen molar-refractivity contribution >= 4 is 40.4 Å². The monoisotopic (exact) mass is 345 g/mol. The molecule has 122 valence electrons. The zero-order chi connectivity index (χ0) is 16.5. The van der Waals surface area contributed by atoms with E-state index >= 15 is 0 Å². The first kappa shape index (κ1) is 17.0. The van der Waals surface area contributed by atoms with E-state index in [2.05, 4.69) is 4.98 Å². The van der Waals surface area contributed by atoms with Crippen molar-refractivity contribution in [1.82, 2.24) is 9.88 Å². The third-order valence-electron chi connectivity index (χ3n) is 3.23. The minimum absolute atomic E-state index is 0.00837. The fourth-order valence-electron chi connectivity index (χ4n) is 2.23. The molecule has 22 heavy (non-hydrogen) atoms. The maximum Gasteiger partial charge on any atom is 0.410 e. The van der Waals surface area contributed by atoms with Gasteiger partial charge in [-0.2, -0.15) is 0 Å². The predicted octanol–water partition coefficient (Wildman–Crippen LogP) is 3.05. The number of carbonyl (C=O) groups excluding carboxylic acids is 2. The molecule has 2 heterocycles. The number of aromatic nitrogens is 1. The van der Waals surface area contributed by atoms with Crippen LogP contribution >= 0.6 is 22.9 Å². The van der Waals surface area contributed by atoms with Crippen LogP contribution in [0.4, 0.5) is 9.93 Å². The van der Waals surface area contributed by atoms with E-state index in [0.717, 1.165) is 0 Å². The summed E-state index contributed by atoms with van der Waals surface area (Å²) in [6.07, 6.45) is 0.412. The van der Waals surface area contributed by atoms with E-state index < -0.39 is 5.60 Å². The van der Waals surface area contributed by atoms with E-state index in [-0.39, 0.29) is 17.3 Å². The first-order valence-corrected chi connectivity index (χ1v) is 8.27. The van der Waals surface area contributed by atoms with Gasteiger partial charge in [0.2, 0.25) is 0 Å². The van der Waals surface area contributed by atoms with Gasteiger partial charge >= 0.3 is 6.09 Å². The maximum absolute atomic E-state index is 12.2. The Labute approximate surface area is 139 Å². The molecule has 6 nitrogen and oxygen atoms in total. The molecular weight excluding hydrogens is 326 g/mol. The number of amides is 1. The third kappa shape index (κ3) is 3.89. The number of hydrogen-bond acceptors (Lipinski definition) is 6. The van der Waals surface area contributed by atoms with Gasteiger partial charge in [-0.05, 0) is 27.7 Å². The van der Waals surface area contributed by atoms with Crippen molar-refractivity contribution in [3.05, 3.63) is 10.0 Å². The first-order valence-electron chi connectivity index (χ1n) is 7.07. The van der Waals surface area contributed by atoms with Gasteiger partial charge in [-0.3, -0.25) is 4.79 Å². The van der Waals surface area contributed by atoms with Crippen LogP contribution in [0.3, 0.4) is 0 Å². The van der Waals surface area contributed by atoms with Crippen LogP contribution in [0, 0.1) is 0 Å². The largest absolute Gasteiger partial charge is 0.444 e. The van der Waals surface area contributed by atoms with Gasteiger partial charge in [-0.15, -0.1) is 0 Å². The highest BCUT2D eigenvalue weighted by molar-refractivity contribution is 7.17. The van der Waals surface area contributed by atoms with Crippen LogP contribution in [0.15, 0.2) is 0 Å². The highest BCUT2D eigenvalue weighted by atomic mass is 35.5. The zero-order valence-corrected chi connectivity index (χ0v) is 14.7. The van der Waals surface area contributed by atoms with Crippen LogP contribution in [-0.4, -0.2) is 53.5 Å². The van der Waals surface area contributed by atoms with Gasteiger partial charge in [0, 0.05) is 25.7 Å². The smallest absolute Gasteiger partial charge is 0.410 e. The summed E-state index contributed by atoms with van der Waals surface area (Å²) in [4.78, 5) is 31.4. The molecule has 0 N–H and O–H groups in total. The molecule has 0 bridgehead atoms. The average molecular weight is 346 g/mol. The topological polar surface area (TPSA) is 62.7 Å². The summed E-state index contributed by atoms with van der Waals surface area (Å²) in [5.74, 6) is 0. The van der Waals surface area contributed by atoms with Crippen molar-refractivity contribution in [3.63, 3.8) is 0 Å². The van der Waals surface area contributed by atoms with E-state index in [1.165, 1.54) is 11.3 Å². The van der Waals surface area contributed by atoms with Crippen LogP contribution in [0.1, 0.15) is 37.4 Å². The number of aldehydes is 1. The predicted molar refractivity (Wildman–Crippen MR) is 87.1 cm³/mol. The lowest BCUT2D eigenvalue weighted by Gasteiger charge is -2.40. The van der Waals surface area contributed by atoms with Gasteiger partial charge in [-0.25, -0.2) is 9.78 Å². The number of halogens is 1. The lowest BCUT2D eigenvalue weighted by Crippen LogP contribution is -2.55. The molecule has 1 aromatic rings. The van der Waals surface area contributed by atoms with Crippen LogP contribution in [0.25, 0.3) is 0 Å². The van der Waals surface area contributed by atoms with Gasteiger partial charge < -0.3 is 14.5 Å². The number of rotatable bonds is 2. The summed E-state index contributed by atoms with van der Waals surface area (Å²) in [5.41, 5.74) is -0.504. The molecule has 1 amide bonds. The van der Waals surface area contributed by atoms with Crippen LogP contribution in [-0.2, 0) is 4.74 Å². The Balaban J connectivity index is 2.03. The van der Waals surface area contributed by atoms with Crippen molar-refractivity contribution in [2.75, 3.05) is 24.5 Å². The Morgan fingerprint density at radius 2 is 2.14 bits per heavy atom. The highest BCUT2D eigenvalue weighted by Crippen LogP contribution is 2.30. The van der Waals surface area contributed by atoms with Crippen molar-refractivity contribution in [2.24, 2.45) is 0 Å². The molecule has 8 heteroatoms.